The average Bonchev–Trinajstić information content (AvgIpc) is 2.41. The third-order valence-electron chi connectivity index (χ3n) is 3.01. The maximum atomic E-state index is 12.2. The summed E-state index contributed by atoms with van der Waals surface area (Å²) in [6.45, 7) is 3.88. The van der Waals surface area contributed by atoms with E-state index in [1.54, 1.807) is 12.1 Å². The van der Waals surface area contributed by atoms with Gasteiger partial charge in [-0.25, -0.2) is 0 Å². The summed E-state index contributed by atoms with van der Waals surface area (Å²) >= 11 is 0. The molecule has 2 rings (SSSR count). The number of anilines is 2. The summed E-state index contributed by atoms with van der Waals surface area (Å²) in [5, 5.41) is 2.73. The van der Waals surface area contributed by atoms with Crippen molar-refractivity contribution >= 4 is 28.1 Å². The van der Waals surface area contributed by atoms with Crippen molar-refractivity contribution in [2.45, 2.75) is 18.7 Å². The lowest BCUT2D eigenvalue weighted by Gasteiger charge is -2.08. The molecule has 0 heterocycles. The van der Waals surface area contributed by atoms with E-state index in [2.05, 4.69) is 5.32 Å². The molecule has 0 bridgehead atoms. The van der Waals surface area contributed by atoms with Gasteiger partial charge in [-0.3, -0.25) is 9.00 Å². The molecule has 4 nitrogen and oxygen atoms in total. The van der Waals surface area contributed by atoms with Crippen molar-refractivity contribution < 1.29 is 9.00 Å². The van der Waals surface area contributed by atoms with Gasteiger partial charge in [0.1, 0.15) is 5.75 Å². The number of hydrogen-bond acceptors (Lipinski definition) is 3. The Hall–Kier alpha value is -2.14. The minimum Gasteiger partial charge on any atom is -0.398 e. The van der Waals surface area contributed by atoms with Crippen LogP contribution < -0.4 is 11.1 Å². The lowest BCUT2D eigenvalue weighted by Crippen LogP contribution is -2.20. The molecule has 0 saturated heterocycles. The molecular formula is C16H18N2O2S. The number of carbonyl (C=O) groups excluding carboxylic acids is 1. The van der Waals surface area contributed by atoms with Crippen molar-refractivity contribution in [2.75, 3.05) is 16.8 Å². The molecule has 0 aliphatic carbocycles. The Kier molecular flexibility index (Phi) is 4.75. The minimum atomic E-state index is -1.45. The van der Waals surface area contributed by atoms with E-state index in [0.29, 0.717) is 16.3 Å². The van der Waals surface area contributed by atoms with E-state index >= 15 is 0 Å². The predicted octanol–water partition coefficient (Wildman–Crippen LogP) is 2.63. The van der Waals surface area contributed by atoms with Crippen molar-refractivity contribution in [3.05, 3.63) is 53.6 Å². The molecule has 21 heavy (non-hydrogen) atoms. The van der Waals surface area contributed by atoms with E-state index in [1.165, 1.54) is 0 Å². The first kappa shape index (κ1) is 15.3. The number of nitrogens with two attached hydrogens (primary N) is 1. The van der Waals surface area contributed by atoms with Gasteiger partial charge in [0.2, 0.25) is 5.91 Å². The van der Waals surface area contributed by atoms with Crippen LogP contribution in [0.2, 0.25) is 0 Å². The first-order valence-electron chi connectivity index (χ1n) is 6.57. The topological polar surface area (TPSA) is 72.2 Å². The summed E-state index contributed by atoms with van der Waals surface area (Å²) < 4.78 is 12.2. The van der Waals surface area contributed by atoms with E-state index in [-0.39, 0.29) is 11.7 Å². The molecule has 0 aliphatic rings. The van der Waals surface area contributed by atoms with Gasteiger partial charge in [0.05, 0.1) is 15.7 Å². The van der Waals surface area contributed by atoms with Gasteiger partial charge in [0.25, 0.3) is 0 Å². The lowest BCUT2D eigenvalue weighted by atomic mass is 10.2. The zero-order chi connectivity index (χ0) is 15.4. The summed E-state index contributed by atoms with van der Waals surface area (Å²) in [6, 6.07) is 12.7. The van der Waals surface area contributed by atoms with Crippen LogP contribution in [0.25, 0.3) is 0 Å². The first-order valence-corrected chi connectivity index (χ1v) is 7.88. The summed E-state index contributed by atoms with van der Waals surface area (Å²) in [5.74, 6) is -0.404. The Bertz CT molecular complexity index is 681. The second kappa shape index (κ2) is 6.54. The number of rotatable bonds is 4. The van der Waals surface area contributed by atoms with Crippen LogP contribution in [0.1, 0.15) is 11.1 Å². The number of carbonyl (C=O) groups is 1. The van der Waals surface area contributed by atoms with Crippen LogP contribution in [0.3, 0.4) is 0 Å². The van der Waals surface area contributed by atoms with Crippen molar-refractivity contribution in [3.8, 4) is 0 Å². The second-order valence-electron chi connectivity index (χ2n) is 4.95. The highest BCUT2D eigenvalue weighted by atomic mass is 32.2. The number of hydrogen-bond donors (Lipinski definition) is 2. The molecule has 0 fully saturated rings. The van der Waals surface area contributed by atoms with Gasteiger partial charge in [0, 0.05) is 11.4 Å². The van der Waals surface area contributed by atoms with Crippen molar-refractivity contribution in [1.82, 2.24) is 0 Å². The molecule has 0 saturated carbocycles. The number of benzene rings is 2. The molecule has 0 radical (unpaired) electrons. The summed E-state index contributed by atoms with van der Waals surface area (Å²) in [7, 11) is -1.45. The highest BCUT2D eigenvalue weighted by Crippen LogP contribution is 2.18. The normalized spacial score (nSPS) is 11.9. The second-order valence-corrected chi connectivity index (χ2v) is 6.36. The number of amides is 1. The van der Waals surface area contributed by atoms with Crippen LogP contribution >= 0.6 is 0 Å². The number of aryl methyl sites for hydroxylation is 2. The average molecular weight is 302 g/mol. The molecule has 0 spiro atoms. The van der Waals surface area contributed by atoms with E-state index in [0.717, 1.165) is 11.1 Å². The minimum absolute atomic E-state index is 0.110. The Morgan fingerprint density at radius 3 is 2.33 bits per heavy atom. The molecular weight excluding hydrogens is 284 g/mol. The lowest BCUT2D eigenvalue weighted by molar-refractivity contribution is -0.113. The van der Waals surface area contributed by atoms with E-state index in [9.17, 15) is 9.00 Å². The fraction of sp³-hybridized carbons (Fsp3) is 0.188. The maximum Gasteiger partial charge on any atom is 0.237 e. The molecule has 1 atom stereocenters. The molecule has 3 N–H and O–H groups in total. The number of nitrogens with one attached hydrogen (secondary N) is 1. The predicted molar refractivity (Wildman–Crippen MR) is 86.7 cm³/mol. The largest absolute Gasteiger partial charge is 0.398 e. The van der Waals surface area contributed by atoms with Crippen LogP contribution in [-0.2, 0) is 15.6 Å². The van der Waals surface area contributed by atoms with Gasteiger partial charge in [-0.05, 0) is 43.7 Å². The zero-order valence-corrected chi connectivity index (χ0v) is 12.9. The molecule has 2 aromatic carbocycles. The van der Waals surface area contributed by atoms with Crippen LogP contribution in [0.5, 0.6) is 0 Å². The molecule has 5 heteroatoms. The van der Waals surface area contributed by atoms with Gasteiger partial charge >= 0.3 is 0 Å². The summed E-state index contributed by atoms with van der Waals surface area (Å²) in [6.07, 6.45) is 0. The molecule has 110 valence electrons. The third-order valence-corrected chi connectivity index (χ3v) is 4.39. The molecule has 2 aromatic rings. The zero-order valence-electron chi connectivity index (χ0n) is 12.1. The Morgan fingerprint density at radius 2 is 1.71 bits per heavy atom. The van der Waals surface area contributed by atoms with E-state index in [4.69, 9.17) is 5.73 Å². The Balaban J connectivity index is 2.02. The van der Waals surface area contributed by atoms with Gasteiger partial charge < -0.3 is 11.1 Å². The summed E-state index contributed by atoms with van der Waals surface area (Å²) in [5.41, 5.74) is 9.10. The first-order chi connectivity index (χ1) is 9.95. The Morgan fingerprint density at radius 1 is 1.10 bits per heavy atom. The van der Waals surface area contributed by atoms with Gasteiger partial charge in [0.15, 0.2) is 0 Å². The number of nitrogen functional groups attached to an aromatic ring is 1. The standard InChI is InChI=1S/C16H18N2O2S/c1-11-3-6-13(7-4-11)18-16(19)10-21(20)15-8-5-12(2)9-14(15)17/h3-9H,10,17H2,1-2H3,(H,18,19). The highest BCUT2D eigenvalue weighted by molar-refractivity contribution is 7.86. The van der Waals surface area contributed by atoms with Crippen molar-refractivity contribution in [2.24, 2.45) is 0 Å². The van der Waals surface area contributed by atoms with Crippen molar-refractivity contribution in [1.29, 1.82) is 0 Å². The maximum absolute atomic E-state index is 12.2. The van der Waals surface area contributed by atoms with Crippen molar-refractivity contribution in [3.63, 3.8) is 0 Å². The van der Waals surface area contributed by atoms with Crippen LogP contribution in [-0.4, -0.2) is 15.9 Å². The van der Waals surface area contributed by atoms with E-state index in [1.807, 2.05) is 44.2 Å². The van der Waals surface area contributed by atoms with Crippen LogP contribution in [0.15, 0.2) is 47.4 Å². The molecule has 1 unspecified atom stereocenters. The third kappa shape index (κ3) is 4.16. The smallest absolute Gasteiger partial charge is 0.237 e. The van der Waals surface area contributed by atoms with Crippen LogP contribution in [0.4, 0.5) is 11.4 Å². The van der Waals surface area contributed by atoms with E-state index < -0.39 is 10.8 Å². The quantitative estimate of drug-likeness (QED) is 0.853. The van der Waals surface area contributed by atoms with Gasteiger partial charge in [-0.15, -0.1) is 0 Å². The van der Waals surface area contributed by atoms with Gasteiger partial charge in [-0.2, -0.15) is 0 Å². The fourth-order valence-electron chi connectivity index (χ4n) is 1.91. The molecule has 1 amide bonds. The highest BCUT2D eigenvalue weighted by Gasteiger charge is 2.13. The van der Waals surface area contributed by atoms with Crippen LogP contribution in [0, 0.1) is 13.8 Å². The Labute approximate surface area is 126 Å². The SMILES string of the molecule is Cc1ccc(NC(=O)CS(=O)c2ccc(C)cc2N)cc1. The molecule has 0 aliphatic heterocycles. The fourth-order valence-corrected chi connectivity index (χ4v) is 2.91. The summed E-state index contributed by atoms with van der Waals surface area (Å²) in [4.78, 5) is 12.4. The monoisotopic (exact) mass is 302 g/mol. The van der Waals surface area contributed by atoms with Gasteiger partial charge in [-0.1, -0.05) is 23.8 Å². The molecule has 0 aromatic heterocycles.